The lowest BCUT2D eigenvalue weighted by Crippen LogP contribution is -2.02. The molecule has 0 radical (unpaired) electrons. The van der Waals surface area contributed by atoms with Crippen LogP contribution < -0.4 is 0 Å². The standard InChI is InChI=1S/C88H56N8/c1-5-29-57(30-6-1)83-89-84(58-31-7-2-8-32-58)92-87(91-83)71-45-15-13-37-63(71)73-53-61-56-76(70-44-22-28-52-82(70)96-79-49-25-19-41-67(79)68-42-20-26-50-80(68)96)74(64-38-14-16-46-72(64)88-93-85(59-33-9-3-10-34-59)90-86(94-88)60-35-11-4-12-36-60)54-62(61)55-75(73)69-43-21-27-51-81(69)95-77-47-23-17-39-65(77)66-40-18-24-48-78(66)95/h1-56H. The summed E-state index contributed by atoms with van der Waals surface area (Å²) in [6.07, 6.45) is 0. The normalized spacial score (nSPS) is 11.5. The zero-order chi connectivity index (χ0) is 63.5. The first kappa shape index (κ1) is 55.8. The minimum atomic E-state index is 0.567. The first-order chi connectivity index (χ1) is 47.6. The molecule has 96 heavy (non-hydrogen) atoms. The molecule has 4 aromatic heterocycles. The SMILES string of the molecule is c1ccc(-c2nc(-c3ccccc3)nc(-c3ccccc3-c3cc4cc(-c5ccccc5-n5c6ccccc6c6ccccc65)c(-c5ccccc5-c5nc(-c6ccccc6)nc(-c6ccccc6)n5)cc4cc3-c3ccccc3-n3c4ccccc4c4ccccc43)n2)cc1. The number of para-hydroxylation sites is 6. The number of aromatic nitrogens is 8. The van der Waals surface area contributed by atoms with Gasteiger partial charge in [-0.3, -0.25) is 0 Å². The molecule has 18 aromatic rings. The van der Waals surface area contributed by atoms with Gasteiger partial charge in [-0.1, -0.05) is 279 Å². The van der Waals surface area contributed by atoms with E-state index in [-0.39, 0.29) is 0 Å². The molecule has 8 heteroatoms. The Morgan fingerprint density at radius 3 is 0.688 bits per heavy atom. The highest BCUT2D eigenvalue weighted by atomic mass is 15.0. The van der Waals surface area contributed by atoms with Crippen LogP contribution in [0.2, 0.25) is 0 Å². The van der Waals surface area contributed by atoms with E-state index in [1.807, 2.05) is 72.8 Å². The van der Waals surface area contributed by atoms with Crippen molar-refractivity contribution in [2.45, 2.75) is 0 Å². The molecule has 0 saturated carbocycles. The molecule has 0 aliphatic heterocycles. The van der Waals surface area contributed by atoms with Crippen molar-refractivity contribution in [3.63, 3.8) is 0 Å². The van der Waals surface area contributed by atoms with Gasteiger partial charge >= 0.3 is 0 Å². The second-order valence-electron chi connectivity index (χ2n) is 24.1. The van der Waals surface area contributed by atoms with E-state index < -0.39 is 0 Å². The minimum absolute atomic E-state index is 0.567. The second-order valence-corrected chi connectivity index (χ2v) is 24.1. The van der Waals surface area contributed by atoms with Crippen LogP contribution in [0.15, 0.2) is 340 Å². The number of hydrogen-bond acceptors (Lipinski definition) is 6. The Morgan fingerprint density at radius 1 is 0.167 bits per heavy atom. The van der Waals surface area contributed by atoms with E-state index in [9.17, 15) is 0 Å². The summed E-state index contributed by atoms with van der Waals surface area (Å²) in [5.41, 5.74) is 20.0. The maximum atomic E-state index is 5.39. The molecule has 0 bridgehead atoms. The van der Waals surface area contributed by atoms with Gasteiger partial charge in [0.05, 0.1) is 33.4 Å². The van der Waals surface area contributed by atoms with Crippen molar-refractivity contribution >= 4 is 54.4 Å². The Hall–Kier alpha value is -13.0. The second kappa shape index (κ2) is 23.6. The minimum Gasteiger partial charge on any atom is -0.309 e. The molecule has 0 atom stereocenters. The van der Waals surface area contributed by atoms with Gasteiger partial charge < -0.3 is 9.13 Å². The molecular weight excluding hydrogens is 1170 g/mol. The van der Waals surface area contributed by atoms with E-state index in [2.05, 4.69) is 276 Å². The first-order valence-electron chi connectivity index (χ1n) is 32.3. The molecule has 8 nitrogen and oxygen atoms in total. The molecule has 0 N–H and O–H groups in total. The summed E-state index contributed by atoms with van der Waals surface area (Å²) < 4.78 is 4.87. The zero-order valence-electron chi connectivity index (χ0n) is 51.9. The Labute approximate surface area is 554 Å². The number of fused-ring (bicyclic) bond motifs is 7. The summed E-state index contributed by atoms with van der Waals surface area (Å²) in [6.45, 7) is 0. The van der Waals surface area contributed by atoms with Crippen LogP contribution in [0.3, 0.4) is 0 Å². The third kappa shape index (κ3) is 9.70. The van der Waals surface area contributed by atoms with Crippen LogP contribution in [0.4, 0.5) is 0 Å². The summed E-state index contributed by atoms with van der Waals surface area (Å²) in [5.74, 6) is 3.50. The summed E-state index contributed by atoms with van der Waals surface area (Å²) in [7, 11) is 0. The average Bonchev–Trinajstić information content (AvgIpc) is 1.27. The largest absolute Gasteiger partial charge is 0.309 e. The van der Waals surface area contributed by atoms with E-state index >= 15 is 0 Å². The maximum Gasteiger partial charge on any atom is 0.164 e. The maximum absolute atomic E-state index is 5.39. The molecule has 0 unspecified atom stereocenters. The first-order valence-corrected chi connectivity index (χ1v) is 32.3. The van der Waals surface area contributed by atoms with Gasteiger partial charge in [0, 0.05) is 66.1 Å². The van der Waals surface area contributed by atoms with Gasteiger partial charge in [-0.15, -0.1) is 0 Å². The highest BCUT2D eigenvalue weighted by Gasteiger charge is 2.26. The summed E-state index contributed by atoms with van der Waals surface area (Å²) in [6, 6.07) is 120. The lowest BCUT2D eigenvalue weighted by atomic mass is 9.84. The van der Waals surface area contributed by atoms with Gasteiger partial charge in [-0.05, 0) is 105 Å². The Kier molecular flexibility index (Phi) is 13.7. The summed E-state index contributed by atoms with van der Waals surface area (Å²) >= 11 is 0. The monoisotopic (exact) mass is 1220 g/mol. The van der Waals surface area contributed by atoms with E-state index in [1.165, 1.54) is 21.5 Å². The predicted molar refractivity (Wildman–Crippen MR) is 394 cm³/mol. The van der Waals surface area contributed by atoms with Gasteiger partial charge in [0.2, 0.25) is 0 Å². The number of hydrogen-bond donors (Lipinski definition) is 0. The molecule has 0 aliphatic carbocycles. The molecule has 448 valence electrons. The Bertz CT molecular complexity index is 5430. The fraction of sp³-hybridized carbons (Fsp3) is 0. The molecule has 4 heterocycles. The Morgan fingerprint density at radius 2 is 0.385 bits per heavy atom. The van der Waals surface area contributed by atoms with Crippen molar-refractivity contribution in [1.82, 2.24) is 39.0 Å². The lowest BCUT2D eigenvalue weighted by Gasteiger charge is -2.22. The van der Waals surface area contributed by atoms with Gasteiger partial charge in [0.1, 0.15) is 0 Å². The van der Waals surface area contributed by atoms with Gasteiger partial charge in [-0.25, -0.2) is 29.9 Å². The van der Waals surface area contributed by atoms with Crippen molar-refractivity contribution in [3.8, 4) is 124 Å². The highest BCUT2D eigenvalue weighted by Crippen LogP contribution is 2.48. The van der Waals surface area contributed by atoms with E-state index in [0.29, 0.717) is 34.9 Å². The van der Waals surface area contributed by atoms with Crippen molar-refractivity contribution < 1.29 is 0 Å². The van der Waals surface area contributed by atoms with E-state index in [0.717, 1.165) is 122 Å². The predicted octanol–water partition coefficient (Wildman–Crippen LogP) is 22.1. The topological polar surface area (TPSA) is 87.2 Å². The number of benzene rings is 14. The van der Waals surface area contributed by atoms with Crippen LogP contribution in [0.1, 0.15) is 0 Å². The fourth-order valence-electron chi connectivity index (χ4n) is 14.1. The molecule has 0 amide bonds. The van der Waals surface area contributed by atoms with Crippen molar-refractivity contribution in [2.24, 2.45) is 0 Å². The van der Waals surface area contributed by atoms with Crippen molar-refractivity contribution in [2.75, 3.05) is 0 Å². The molecule has 0 spiro atoms. The third-order valence-electron chi connectivity index (χ3n) is 18.5. The van der Waals surface area contributed by atoms with Gasteiger partial charge in [0.15, 0.2) is 34.9 Å². The third-order valence-corrected chi connectivity index (χ3v) is 18.5. The van der Waals surface area contributed by atoms with Crippen LogP contribution in [-0.2, 0) is 0 Å². The van der Waals surface area contributed by atoms with E-state index in [1.54, 1.807) is 0 Å². The quantitative estimate of drug-likeness (QED) is 0.121. The number of nitrogens with zero attached hydrogens (tertiary/aromatic N) is 8. The summed E-state index contributed by atoms with van der Waals surface area (Å²) in [5, 5.41) is 6.82. The molecule has 0 fully saturated rings. The number of rotatable bonds is 12. The van der Waals surface area contributed by atoms with Crippen molar-refractivity contribution in [3.05, 3.63) is 340 Å². The molecule has 18 rings (SSSR count). The fourth-order valence-corrected chi connectivity index (χ4v) is 14.1. The van der Waals surface area contributed by atoms with Crippen LogP contribution in [-0.4, -0.2) is 39.0 Å². The smallest absolute Gasteiger partial charge is 0.164 e. The van der Waals surface area contributed by atoms with E-state index in [4.69, 9.17) is 29.9 Å². The molecule has 14 aromatic carbocycles. The van der Waals surface area contributed by atoms with Crippen LogP contribution in [0.5, 0.6) is 0 Å². The van der Waals surface area contributed by atoms with Gasteiger partial charge in [-0.2, -0.15) is 0 Å². The van der Waals surface area contributed by atoms with Crippen LogP contribution >= 0.6 is 0 Å². The molecule has 0 aliphatic rings. The van der Waals surface area contributed by atoms with Crippen LogP contribution in [0.25, 0.3) is 179 Å². The van der Waals surface area contributed by atoms with Gasteiger partial charge in [0.25, 0.3) is 0 Å². The van der Waals surface area contributed by atoms with Crippen molar-refractivity contribution in [1.29, 1.82) is 0 Å². The molecule has 0 saturated heterocycles. The highest BCUT2D eigenvalue weighted by molar-refractivity contribution is 6.13. The molecular formula is C88H56N8. The Balaban J connectivity index is 0.947. The van der Waals surface area contributed by atoms with Crippen LogP contribution in [0, 0.1) is 0 Å². The lowest BCUT2D eigenvalue weighted by molar-refractivity contribution is 1.07. The summed E-state index contributed by atoms with van der Waals surface area (Å²) in [4.78, 5) is 31.9. The average molecular weight is 1230 g/mol. The zero-order valence-corrected chi connectivity index (χ0v) is 51.9.